The van der Waals surface area contributed by atoms with Gasteiger partial charge in [0.25, 0.3) is 15.9 Å². The summed E-state index contributed by atoms with van der Waals surface area (Å²) in [6, 6.07) is 14.0. The first-order valence-electron chi connectivity index (χ1n) is 9.37. The molecule has 0 aromatic heterocycles. The Morgan fingerprint density at radius 1 is 0.939 bits per heavy atom. The largest absolute Gasteiger partial charge is 0.495 e. The number of hydrogen-bond donors (Lipinski definition) is 2. The lowest BCUT2D eigenvalue weighted by atomic mass is 10.2. The van der Waals surface area contributed by atoms with Crippen molar-refractivity contribution < 1.29 is 36.3 Å². The third-order valence-electron chi connectivity index (χ3n) is 4.27. The number of sulfonamides is 1. The minimum absolute atomic E-state index is 0.126. The van der Waals surface area contributed by atoms with Gasteiger partial charge in [0.15, 0.2) is 6.61 Å². The molecule has 0 aliphatic heterocycles. The number of benzene rings is 3. The van der Waals surface area contributed by atoms with Crippen molar-refractivity contribution in [2.75, 3.05) is 23.8 Å². The van der Waals surface area contributed by atoms with Gasteiger partial charge < -0.3 is 14.8 Å². The zero-order valence-electron chi connectivity index (χ0n) is 17.2. The molecule has 0 bridgehead atoms. The van der Waals surface area contributed by atoms with Crippen LogP contribution in [0.25, 0.3) is 0 Å². The quantitative estimate of drug-likeness (QED) is 0.481. The minimum Gasteiger partial charge on any atom is -0.495 e. The molecular weight excluding hydrogens is 458 g/mol. The molecule has 8 nitrogen and oxygen atoms in total. The second-order valence-corrected chi connectivity index (χ2v) is 8.26. The van der Waals surface area contributed by atoms with Crippen LogP contribution in [0.4, 0.5) is 20.2 Å². The summed E-state index contributed by atoms with van der Waals surface area (Å²) in [4.78, 5) is 24.0. The van der Waals surface area contributed by atoms with Crippen LogP contribution < -0.4 is 14.8 Å². The molecule has 33 heavy (non-hydrogen) atoms. The summed E-state index contributed by atoms with van der Waals surface area (Å²) >= 11 is 0. The Kier molecular flexibility index (Phi) is 7.23. The number of rotatable bonds is 8. The summed E-state index contributed by atoms with van der Waals surface area (Å²) < 4.78 is 64.3. The number of halogens is 2. The number of anilines is 2. The van der Waals surface area contributed by atoms with Gasteiger partial charge in [-0.3, -0.25) is 9.52 Å². The maximum absolute atomic E-state index is 13.6. The van der Waals surface area contributed by atoms with Gasteiger partial charge in [0.2, 0.25) is 0 Å². The Bertz CT molecular complexity index is 1300. The van der Waals surface area contributed by atoms with Crippen LogP contribution >= 0.6 is 0 Å². The van der Waals surface area contributed by atoms with Crippen LogP contribution in [0, 0.1) is 11.6 Å². The number of nitrogens with one attached hydrogen (secondary N) is 2. The van der Waals surface area contributed by atoms with Crippen molar-refractivity contribution in [2.45, 2.75) is 4.90 Å². The van der Waals surface area contributed by atoms with Crippen LogP contribution in [-0.4, -0.2) is 34.0 Å². The van der Waals surface area contributed by atoms with Gasteiger partial charge >= 0.3 is 5.97 Å². The number of carbonyl (C=O) groups excluding carboxylic acids is 2. The third kappa shape index (κ3) is 6.04. The highest BCUT2D eigenvalue weighted by atomic mass is 32.2. The first-order chi connectivity index (χ1) is 15.7. The summed E-state index contributed by atoms with van der Waals surface area (Å²) in [5.41, 5.74) is -0.204. The molecule has 11 heteroatoms. The SMILES string of the molecule is COc1ccccc1NS(=O)(=O)c1cccc(C(=O)OCC(=O)Nc2ccc(F)cc2F)c1. The van der Waals surface area contributed by atoms with Crippen molar-refractivity contribution in [2.24, 2.45) is 0 Å². The van der Waals surface area contributed by atoms with E-state index in [9.17, 15) is 26.8 Å². The van der Waals surface area contributed by atoms with Gasteiger partial charge in [0.1, 0.15) is 17.4 Å². The Labute approximate surface area is 188 Å². The number of ether oxygens (including phenoxy) is 2. The van der Waals surface area contributed by atoms with Crippen LogP contribution in [0.5, 0.6) is 5.75 Å². The molecule has 0 saturated carbocycles. The number of carbonyl (C=O) groups is 2. The van der Waals surface area contributed by atoms with E-state index in [2.05, 4.69) is 10.0 Å². The van der Waals surface area contributed by atoms with E-state index in [0.717, 1.165) is 18.2 Å². The van der Waals surface area contributed by atoms with E-state index in [-0.39, 0.29) is 21.8 Å². The number of esters is 1. The molecule has 3 aromatic rings. The second kappa shape index (κ2) is 10.1. The molecule has 172 valence electrons. The summed E-state index contributed by atoms with van der Waals surface area (Å²) in [6.45, 7) is -0.772. The van der Waals surface area contributed by atoms with Crippen LogP contribution in [-0.2, 0) is 19.6 Å². The van der Waals surface area contributed by atoms with Gasteiger partial charge in [-0.15, -0.1) is 0 Å². The van der Waals surface area contributed by atoms with Gasteiger partial charge in [0.05, 0.1) is 28.9 Å². The van der Waals surface area contributed by atoms with E-state index >= 15 is 0 Å². The Morgan fingerprint density at radius 3 is 2.42 bits per heavy atom. The topological polar surface area (TPSA) is 111 Å². The van der Waals surface area contributed by atoms with Crippen molar-refractivity contribution in [3.8, 4) is 5.75 Å². The van der Waals surface area contributed by atoms with Crippen molar-refractivity contribution in [1.29, 1.82) is 0 Å². The fourth-order valence-electron chi connectivity index (χ4n) is 2.71. The lowest BCUT2D eigenvalue weighted by molar-refractivity contribution is -0.119. The van der Waals surface area contributed by atoms with E-state index in [0.29, 0.717) is 11.8 Å². The molecule has 3 aromatic carbocycles. The highest BCUT2D eigenvalue weighted by Gasteiger charge is 2.19. The maximum Gasteiger partial charge on any atom is 0.338 e. The van der Waals surface area contributed by atoms with E-state index in [1.165, 1.54) is 31.4 Å². The molecule has 0 atom stereocenters. The molecular formula is C22H18F2N2O6S. The lowest BCUT2D eigenvalue weighted by Crippen LogP contribution is -2.21. The van der Waals surface area contributed by atoms with E-state index in [1.807, 2.05) is 0 Å². The minimum atomic E-state index is -4.07. The Morgan fingerprint density at radius 2 is 1.70 bits per heavy atom. The molecule has 0 heterocycles. The van der Waals surface area contributed by atoms with Gasteiger partial charge in [0, 0.05) is 6.07 Å². The van der Waals surface area contributed by atoms with Gasteiger partial charge in [-0.25, -0.2) is 22.0 Å². The van der Waals surface area contributed by atoms with Crippen molar-refractivity contribution in [1.82, 2.24) is 0 Å². The van der Waals surface area contributed by atoms with Crippen LogP contribution in [0.15, 0.2) is 71.6 Å². The van der Waals surface area contributed by atoms with Gasteiger partial charge in [-0.1, -0.05) is 18.2 Å². The summed E-state index contributed by atoms with van der Waals surface area (Å²) in [5, 5.41) is 2.14. The fraction of sp³-hybridized carbons (Fsp3) is 0.0909. The number of hydrogen-bond acceptors (Lipinski definition) is 6. The number of amides is 1. The first kappa shape index (κ1) is 23.7. The van der Waals surface area contributed by atoms with Crippen LogP contribution in [0.2, 0.25) is 0 Å². The van der Waals surface area contributed by atoms with Crippen molar-refractivity contribution in [3.05, 3.63) is 83.9 Å². The Balaban J connectivity index is 1.67. The van der Waals surface area contributed by atoms with E-state index in [4.69, 9.17) is 9.47 Å². The summed E-state index contributed by atoms with van der Waals surface area (Å²) in [6.07, 6.45) is 0. The predicted octanol–water partition coefficient (Wildman–Crippen LogP) is 3.57. The second-order valence-electron chi connectivity index (χ2n) is 6.58. The standard InChI is InChI=1S/C22H18F2N2O6S/c1-31-20-8-3-2-7-19(20)26-33(29,30)16-6-4-5-14(11-16)22(28)32-13-21(27)25-18-10-9-15(23)12-17(18)24/h2-12,26H,13H2,1H3,(H,25,27). The average molecular weight is 476 g/mol. The molecule has 0 aliphatic carbocycles. The molecule has 0 aliphatic rings. The predicted molar refractivity (Wildman–Crippen MR) is 116 cm³/mol. The van der Waals surface area contributed by atoms with Gasteiger partial charge in [-0.05, 0) is 42.5 Å². The summed E-state index contributed by atoms with van der Waals surface area (Å²) in [7, 11) is -2.68. The molecule has 0 spiro atoms. The number of methoxy groups -OCH3 is 1. The molecule has 0 radical (unpaired) electrons. The molecule has 0 unspecified atom stereocenters. The normalized spacial score (nSPS) is 10.9. The number of para-hydroxylation sites is 2. The van der Waals surface area contributed by atoms with Crippen molar-refractivity contribution >= 4 is 33.3 Å². The molecule has 1 amide bonds. The van der Waals surface area contributed by atoms with Crippen LogP contribution in [0.1, 0.15) is 10.4 Å². The fourth-order valence-corrected chi connectivity index (χ4v) is 3.83. The smallest absolute Gasteiger partial charge is 0.338 e. The summed E-state index contributed by atoms with van der Waals surface area (Å²) in [5.74, 6) is -3.34. The van der Waals surface area contributed by atoms with Crippen molar-refractivity contribution in [3.63, 3.8) is 0 Å². The lowest BCUT2D eigenvalue weighted by Gasteiger charge is -2.12. The van der Waals surface area contributed by atoms with E-state index in [1.54, 1.807) is 18.2 Å². The monoisotopic (exact) mass is 476 g/mol. The average Bonchev–Trinajstić information content (AvgIpc) is 2.79. The zero-order valence-corrected chi connectivity index (χ0v) is 18.0. The van der Waals surface area contributed by atoms with Crippen LogP contribution in [0.3, 0.4) is 0 Å². The highest BCUT2D eigenvalue weighted by Crippen LogP contribution is 2.26. The van der Waals surface area contributed by atoms with Gasteiger partial charge in [-0.2, -0.15) is 0 Å². The first-order valence-corrected chi connectivity index (χ1v) is 10.9. The van der Waals surface area contributed by atoms with E-state index < -0.39 is 40.1 Å². The highest BCUT2D eigenvalue weighted by molar-refractivity contribution is 7.92. The molecule has 0 saturated heterocycles. The zero-order chi connectivity index (χ0) is 24.0. The maximum atomic E-state index is 13.6. The molecule has 0 fully saturated rings. The molecule has 2 N–H and O–H groups in total. The Hall–Kier alpha value is -3.99. The third-order valence-corrected chi connectivity index (χ3v) is 5.63. The molecule has 3 rings (SSSR count).